The number of aromatic nitrogens is 1. The molecule has 2 heterocycles. The minimum absolute atomic E-state index is 0.00576. The zero-order valence-corrected chi connectivity index (χ0v) is 11.4. The average molecular weight is 347 g/mol. The standard InChI is InChI=1S/C10H5Br2NOS/c11-8-5-7(10(12)15-8)9(14)6-1-3-13-4-2-6/h1-5H. The van der Waals surface area contributed by atoms with Gasteiger partial charge in [0.1, 0.15) is 0 Å². The maximum absolute atomic E-state index is 12.0. The van der Waals surface area contributed by atoms with Gasteiger partial charge < -0.3 is 0 Å². The van der Waals surface area contributed by atoms with Gasteiger partial charge in [-0.2, -0.15) is 0 Å². The highest BCUT2D eigenvalue weighted by molar-refractivity contribution is 9.12. The van der Waals surface area contributed by atoms with Crippen molar-refractivity contribution in [3.8, 4) is 0 Å². The van der Waals surface area contributed by atoms with E-state index in [1.165, 1.54) is 11.3 Å². The van der Waals surface area contributed by atoms with Crippen molar-refractivity contribution < 1.29 is 4.79 Å². The first kappa shape index (κ1) is 11.0. The SMILES string of the molecule is O=C(c1ccncc1)c1cc(Br)sc1Br. The van der Waals surface area contributed by atoms with Crippen LogP contribution in [-0.2, 0) is 0 Å². The van der Waals surface area contributed by atoms with Gasteiger partial charge in [-0.25, -0.2) is 0 Å². The van der Waals surface area contributed by atoms with E-state index in [4.69, 9.17) is 0 Å². The maximum atomic E-state index is 12.0. The van der Waals surface area contributed by atoms with Crippen molar-refractivity contribution >= 4 is 49.0 Å². The van der Waals surface area contributed by atoms with Crippen molar-refractivity contribution in [3.05, 3.63) is 49.3 Å². The van der Waals surface area contributed by atoms with Gasteiger partial charge in [-0.05, 0) is 50.1 Å². The maximum Gasteiger partial charge on any atom is 0.195 e. The molecule has 0 radical (unpaired) electrons. The van der Waals surface area contributed by atoms with E-state index >= 15 is 0 Å². The van der Waals surface area contributed by atoms with E-state index in [1.807, 2.05) is 6.07 Å². The molecule has 0 saturated heterocycles. The second kappa shape index (κ2) is 4.55. The minimum atomic E-state index is 0.00576. The Kier molecular flexibility index (Phi) is 3.33. The third-order valence-electron chi connectivity index (χ3n) is 1.84. The van der Waals surface area contributed by atoms with E-state index in [9.17, 15) is 4.79 Å². The zero-order valence-electron chi connectivity index (χ0n) is 7.41. The van der Waals surface area contributed by atoms with Crippen LogP contribution in [0.5, 0.6) is 0 Å². The summed E-state index contributed by atoms with van der Waals surface area (Å²) in [4.78, 5) is 15.9. The minimum Gasteiger partial charge on any atom is -0.289 e. The van der Waals surface area contributed by atoms with Gasteiger partial charge in [0.25, 0.3) is 0 Å². The number of carbonyl (C=O) groups excluding carboxylic acids is 1. The second-order valence-corrected chi connectivity index (χ2v) is 6.55. The van der Waals surface area contributed by atoms with Crippen LogP contribution in [0.4, 0.5) is 0 Å². The molecular formula is C10H5Br2NOS. The summed E-state index contributed by atoms with van der Waals surface area (Å²) in [6.45, 7) is 0. The summed E-state index contributed by atoms with van der Waals surface area (Å²) in [6, 6.07) is 5.23. The fourth-order valence-corrected chi connectivity index (χ4v) is 3.95. The van der Waals surface area contributed by atoms with E-state index in [0.717, 1.165) is 7.57 Å². The first-order valence-electron chi connectivity index (χ1n) is 4.08. The fraction of sp³-hybridized carbons (Fsp3) is 0. The molecule has 0 N–H and O–H groups in total. The molecule has 0 atom stereocenters. The lowest BCUT2D eigenvalue weighted by atomic mass is 10.1. The number of pyridine rings is 1. The van der Waals surface area contributed by atoms with Crippen molar-refractivity contribution in [1.29, 1.82) is 0 Å². The van der Waals surface area contributed by atoms with Crippen molar-refractivity contribution in [2.75, 3.05) is 0 Å². The topological polar surface area (TPSA) is 30.0 Å². The molecule has 5 heteroatoms. The van der Waals surface area contributed by atoms with E-state index in [0.29, 0.717) is 11.1 Å². The van der Waals surface area contributed by atoms with Gasteiger partial charge in [0, 0.05) is 23.5 Å². The number of nitrogens with zero attached hydrogens (tertiary/aromatic N) is 1. The monoisotopic (exact) mass is 345 g/mol. The molecule has 0 spiro atoms. The summed E-state index contributed by atoms with van der Waals surface area (Å²) < 4.78 is 1.78. The summed E-state index contributed by atoms with van der Waals surface area (Å²) in [5, 5.41) is 0. The van der Waals surface area contributed by atoms with Crippen LogP contribution in [0.3, 0.4) is 0 Å². The van der Waals surface area contributed by atoms with Crippen LogP contribution in [0.25, 0.3) is 0 Å². The summed E-state index contributed by atoms with van der Waals surface area (Å²) >= 11 is 8.20. The molecule has 0 saturated carbocycles. The number of hydrogen-bond acceptors (Lipinski definition) is 3. The fourth-order valence-electron chi connectivity index (χ4n) is 1.15. The summed E-state index contributed by atoms with van der Waals surface area (Å²) in [5.41, 5.74) is 1.33. The van der Waals surface area contributed by atoms with Gasteiger partial charge in [0.05, 0.1) is 7.57 Å². The average Bonchev–Trinajstić information content (AvgIpc) is 2.58. The Bertz CT molecular complexity index is 495. The number of rotatable bonds is 2. The Morgan fingerprint density at radius 1 is 1.27 bits per heavy atom. The lowest BCUT2D eigenvalue weighted by Gasteiger charge is -1.97. The lowest BCUT2D eigenvalue weighted by molar-refractivity contribution is 0.103. The molecule has 0 fully saturated rings. The lowest BCUT2D eigenvalue weighted by Crippen LogP contribution is -1.99. The first-order valence-corrected chi connectivity index (χ1v) is 6.48. The largest absolute Gasteiger partial charge is 0.289 e. The van der Waals surface area contributed by atoms with Gasteiger partial charge in [-0.3, -0.25) is 9.78 Å². The van der Waals surface area contributed by atoms with Crippen molar-refractivity contribution in [2.24, 2.45) is 0 Å². The van der Waals surface area contributed by atoms with Gasteiger partial charge in [-0.15, -0.1) is 11.3 Å². The van der Waals surface area contributed by atoms with Crippen molar-refractivity contribution in [3.63, 3.8) is 0 Å². The molecule has 0 bridgehead atoms. The Balaban J connectivity index is 2.41. The predicted molar refractivity (Wildman–Crippen MR) is 67.4 cm³/mol. The summed E-state index contributed by atoms with van der Waals surface area (Å²) in [7, 11) is 0. The Hall–Kier alpha value is -0.520. The number of halogens is 2. The smallest absolute Gasteiger partial charge is 0.195 e. The van der Waals surface area contributed by atoms with Crippen LogP contribution < -0.4 is 0 Å². The van der Waals surface area contributed by atoms with Crippen LogP contribution in [-0.4, -0.2) is 10.8 Å². The van der Waals surface area contributed by atoms with E-state index in [-0.39, 0.29) is 5.78 Å². The van der Waals surface area contributed by atoms with Gasteiger partial charge in [0.2, 0.25) is 0 Å². The molecule has 2 rings (SSSR count). The molecule has 15 heavy (non-hydrogen) atoms. The molecule has 0 aliphatic rings. The van der Waals surface area contributed by atoms with Crippen molar-refractivity contribution in [1.82, 2.24) is 4.98 Å². The highest BCUT2D eigenvalue weighted by Gasteiger charge is 2.15. The highest BCUT2D eigenvalue weighted by atomic mass is 79.9. The van der Waals surface area contributed by atoms with E-state index in [2.05, 4.69) is 36.8 Å². The molecule has 0 unspecified atom stereocenters. The Labute approximate surface area is 108 Å². The second-order valence-electron chi connectivity index (χ2n) is 2.80. The first-order chi connectivity index (χ1) is 7.18. The molecule has 2 aromatic heterocycles. The third kappa shape index (κ3) is 2.35. The number of thiophene rings is 1. The Morgan fingerprint density at radius 2 is 1.93 bits per heavy atom. The number of hydrogen-bond donors (Lipinski definition) is 0. The van der Waals surface area contributed by atoms with Crippen LogP contribution in [0.2, 0.25) is 0 Å². The molecule has 0 amide bonds. The predicted octanol–water partition coefficient (Wildman–Crippen LogP) is 3.90. The third-order valence-corrected chi connectivity index (χ3v) is 4.18. The number of carbonyl (C=O) groups is 1. The summed E-state index contributed by atoms with van der Waals surface area (Å²) in [5.74, 6) is 0.00576. The van der Waals surface area contributed by atoms with Gasteiger partial charge in [-0.1, -0.05) is 0 Å². The molecule has 0 aromatic carbocycles. The van der Waals surface area contributed by atoms with Crippen LogP contribution >= 0.6 is 43.2 Å². The highest BCUT2D eigenvalue weighted by Crippen LogP contribution is 2.33. The normalized spacial score (nSPS) is 10.3. The van der Waals surface area contributed by atoms with Crippen molar-refractivity contribution in [2.45, 2.75) is 0 Å². The quantitative estimate of drug-likeness (QED) is 0.772. The summed E-state index contributed by atoms with van der Waals surface area (Å²) in [6.07, 6.45) is 3.23. The van der Waals surface area contributed by atoms with Crippen LogP contribution in [0.15, 0.2) is 38.2 Å². The van der Waals surface area contributed by atoms with E-state index < -0.39 is 0 Å². The molecule has 0 aliphatic heterocycles. The van der Waals surface area contributed by atoms with E-state index in [1.54, 1.807) is 24.5 Å². The molecule has 0 aliphatic carbocycles. The van der Waals surface area contributed by atoms with Gasteiger partial charge >= 0.3 is 0 Å². The molecular weight excluding hydrogens is 342 g/mol. The zero-order chi connectivity index (χ0) is 10.8. The Morgan fingerprint density at radius 3 is 2.47 bits per heavy atom. The van der Waals surface area contributed by atoms with Gasteiger partial charge in [0.15, 0.2) is 5.78 Å². The molecule has 2 aromatic rings. The van der Waals surface area contributed by atoms with Crippen LogP contribution in [0, 0.1) is 0 Å². The molecule has 2 nitrogen and oxygen atoms in total. The van der Waals surface area contributed by atoms with Crippen LogP contribution in [0.1, 0.15) is 15.9 Å². The number of ketones is 1. The molecule has 76 valence electrons.